The second kappa shape index (κ2) is 6.59. The van der Waals surface area contributed by atoms with Crippen LogP contribution in [0.25, 0.3) is 0 Å². The zero-order valence-corrected chi connectivity index (χ0v) is 13.0. The van der Waals surface area contributed by atoms with E-state index in [1.807, 2.05) is 12.1 Å². The lowest BCUT2D eigenvalue weighted by Gasteiger charge is -2.08. The van der Waals surface area contributed by atoms with Gasteiger partial charge in [0.2, 0.25) is 10.0 Å². The van der Waals surface area contributed by atoms with E-state index >= 15 is 0 Å². The summed E-state index contributed by atoms with van der Waals surface area (Å²) in [7, 11) is -3.36. The highest BCUT2D eigenvalue weighted by Gasteiger charge is 2.39. The molecule has 1 aromatic rings. The van der Waals surface area contributed by atoms with Gasteiger partial charge in [-0.2, -0.15) is 0 Å². The first-order chi connectivity index (χ1) is 9.56. The number of hydrogen-bond acceptors (Lipinski definition) is 3. The lowest BCUT2D eigenvalue weighted by molar-refractivity contribution is 0.573. The fourth-order valence-electron chi connectivity index (χ4n) is 2.37. The average Bonchev–Trinajstić information content (AvgIpc) is 3.14. The standard InChI is InChI=1S/C15H24N2O2S/c1-3-5-12-11-15(12)17-20(18,19)14-8-6-13(7-9-14)16-10-4-2/h6-9,12,15-17H,3-5,10-11H2,1-2H3. The van der Waals surface area contributed by atoms with Crippen LogP contribution in [0.5, 0.6) is 0 Å². The first-order valence-electron chi connectivity index (χ1n) is 7.43. The van der Waals surface area contributed by atoms with Gasteiger partial charge in [0.25, 0.3) is 0 Å². The van der Waals surface area contributed by atoms with Gasteiger partial charge in [-0.25, -0.2) is 13.1 Å². The molecule has 0 amide bonds. The van der Waals surface area contributed by atoms with Crippen LogP contribution in [-0.2, 0) is 10.0 Å². The monoisotopic (exact) mass is 296 g/mol. The topological polar surface area (TPSA) is 58.2 Å². The van der Waals surface area contributed by atoms with Crippen molar-refractivity contribution in [2.75, 3.05) is 11.9 Å². The Labute approximate surface area is 122 Å². The van der Waals surface area contributed by atoms with Crippen molar-refractivity contribution in [1.82, 2.24) is 4.72 Å². The predicted molar refractivity (Wildman–Crippen MR) is 82.3 cm³/mol. The van der Waals surface area contributed by atoms with Crippen molar-refractivity contribution in [1.29, 1.82) is 0 Å². The first kappa shape index (κ1) is 15.3. The minimum Gasteiger partial charge on any atom is -0.385 e. The van der Waals surface area contributed by atoms with Crippen LogP contribution in [0.2, 0.25) is 0 Å². The SMILES string of the molecule is CCCNc1ccc(S(=O)(=O)NC2CC2CCC)cc1. The van der Waals surface area contributed by atoms with Crippen LogP contribution in [0.4, 0.5) is 5.69 Å². The molecule has 2 unspecified atom stereocenters. The maximum Gasteiger partial charge on any atom is 0.240 e. The van der Waals surface area contributed by atoms with Gasteiger partial charge in [-0.15, -0.1) is 0 Å². The molecular formula is C15H24N2O2S. The van der Waals surface area contributed by atoms with E-state index in [9.17, 15) is 8.42 Å². The number of rotatable bonds is 8. The van der Waals surface area contributed by atoms with E-state index in [2.05, 4.69) is 23.9 Å². The Hall–Kier alpha value is -1.07. The van der Waals surface area contributed by atoms with Crippen molar-refractivity contribution in [3.63, 3.8) is 0 Å². The summed E-state index contributed by atoms with van der Waals surface area (Å²) in [6, 6.07) is 7.11. The van der Waals surface area contributed by atoms with Crippen LogP contribution in [0.3, 0.4) is 0 Å². The molecule has 0 aliphatic heterocycles. The molecule has 1 aromatic carbocycles. The van der Waals surface area contributed by atoms with Gasteiger partial charge < -0.3 is 5.32 Å². The predicted octanol–water partition coefficient (Wildman–Crippen LogP) is 2.98. The molecular weight excluding hydrogens is 272 g/mol. The van der Waals surface area contributed by atoms with E-state index in [1.165, 1.54) is 0 Å². The van der Waals surface area contributed by atoms with Crippen LogP contribution < -0.4 is 10.0 Å². The number of hydrogen-bond donors (Lipinski definition) is 2. The highest BCUT2D eigenvalue weighted by molar-refractivity contribution is 7.89. The molecule has 2 N–H and O–H groups in total. The summed E-state index contributed by atoms with van der Waals surface area (Å²) in [6.45, 7) is 5.12. The number of benzene rings is 1. The molecule has 1 fully saturated rings. The molecule has 4 nitrogen and oxygen atoms in total. The van der Waals surface area contributed by atoms with Crippen molar-refractivity contribution in [2.45, 2.75) is 50.5 Å². The molecule has 0 heterocycles. The van der Waals surface area contributed by atoms with Gasteiger partial charge in [0.1, 0.15) is 0 Å². The minimum absolute atomic E-state index is 0.137. The van der Waals surface area contributed by atoms with Gasteiger partial charge in [-0.3, -0.25) is 0 Å². The number of nitrogens with one attached hydrogen (secondary N) is 2. The quantitative estimate of drug-likeness (QED) is 0.775. The molecule has 0 spiro atoms. The number of sulfonamides is 1. The fraction of sp³-hybridized carbons (Fsp3) is 0.600. The molecule has 1 aliphatic carbocycles. The van der Waals surface area contributed by atoms with Gasteiger partial charge in [0.05, 0.1) is 4.90 Å². The maximum absolute atomic E-state index is 12.2. The van der Waals surface area contributed by atoms with E-state index in [0.29, 0.717) is 10.8 Å². The van der Waals surface area contributed by atoms with Gasteiger partial charge in [0.15, 0.2) is 0 Å². The molecule has 0 bridgehead atoms. The largest absolute Gasteiger partial charge is 0.385 e. The highest BCUT2D eigenvalue weighted by atomic mass is 32.2. The third-order valence-electron chi connectivity index (χ3n) is 3.63. The molecule has 5 heteroatoms. The maximum atomic E-state index is 12.2. The molecule has 1 aliphatic rings. The fourth-order valence-corrected chi connectivity index (χ4v) is 3.69. The summed E-state index contributed by atoms with van der Waals surface area (Å²) < 4.78 is 27.2. The summed E-state index contributed by atoms with van der Waals surface area (Å²) in [5.41, 5.74) is 0.959. The smallest absolute Gasteiger partial charge is 0.240 e. The molecule has 1 saturated carbocycles. The first-order valence-corrected chi connectivity index (χ1v) is 8.91. The van der Waals surface area contributed by atoms with Crippen molar-refractivity contribution in [3.05, 3.63) is 24.3 Å². The van der Waals surface area contributed by atoms with Crippen molar-refractivity contribution in [2.24, 2.45) is 5.92 Å². The van der Waals surface area contributed by atoms with Crippen LogP contribution in [0, 0.1) is 5.92 Å². The second-order valence-corrected chi connectivity index (χ2v) is 7.18. The minimum atomic E-state index is -3.36. The van der Waals surface area contributed by atoms with Crippen LogP contribution >= 0.6 is 0 Å². The normalized spacial score (nSPS) is 21.7. The third-order valence-corrected chi connectivity index (χ3v) is 5.14. The lowest BCUT2D eigenvalue weighted by atomic mass is 10.2. The zero-order chi connectivity index (χ0) is 14.6. The molecule has 2 atom stereocenters. The molecule has 20 heavy (non-hydrogen) atoms. The Morgan fingerprint density at radius 1 is 1.15 bits per heavy atom. The molecule has 0 saturated heterocycles. The van der Waals surface area contributed by atoms with E-state index in [0.717, 1.165) is 37.9 Å². The van der Waals surface area contributed by atoms with E-state index in [-0.39, 0.29) is 6.04 Å². The highest BCUT2D eigenvalue weighted by Crippen LogP contribution is 2.35. The van der Waals surface area contributed by atoms with Gasteiger partial charge in [0, 0.05) is 18.3 Å². The van der Waals surface area contributed by atoms with E-state index in [4.69, 9.17) is 0 Å². The molecule has 0 aromatic heterocycles. The second-order valence-electron chi connectivity index (χ2n) is 5.46. The average molecular weight is 296 g/mol. The summed E-state index contributed by atoms with van der Waals surface area (Å²) >= 11 is 0. The van der Waals surface area contributed by atoms with E-state index < -0.39 is 10.0 Å². The Kier molecular flexibility index (Phi) is 5.05. The Morgan fingerprint density at radius 2 is 1.85 bits per heavy atom. The Morgan fingerprint density at radius 3 is 2.45 bits per heavy atom. The van der Waals surface area contributed by atoms with Gasteiger partial charge in [-0.05, 0) is 49.4 Å². The van der Waals surface area contributed by atoms with E-state index in [1.54, 1.807) is 12.1 Å². The third kappa shape index (κ3) is 3.96. The summed E-state index contributed by atoms with van der Waals surface area (Å²) in [5.74, 6) is 0.528. The Bertz CT molecular complexity index is 525. The van der Waals surface area contributed by atoms with Crippen molar-refractivity contribution < 1.29 is 8.42 Å². The molecule has 2 rings (SSSR count). The number of anilines is 1. The molecule has 112 valence electrons. The van der Waals surface area contributed by atoms with Crippen LogP contribution in [0.1, 0.15) is 39.5 Å². The van der Waals surface area contributed by atoms with Crippen LogP contribution in [-0.4, -0.2) is 21.0 Å². The summed E-state index contributed by atoms with van der Waals surface area (Å²) in [5, 5.41) is 3.23. The van der Waals surface area contributed by atoms with Gasteiger partial charge in [-0.1, -0.05) is 20.3 Å². The zero-order valence-electron chi connectivity index (χ0n) is 12.2. The molecule has 0 radical (unpaired) electrons. The van der Waals surface area contributed by atoms with Crippen LogP contribution in [0.15, 0.2) is 29.2 Å². The Balaban J connectivity index is 1.96. The van der Waals surface area contributed by atoms with Gasteiger partial charge >= 0.3 is 0 Å². The summed E-state index contributed by atoms with van der Waals surface area (Å²) in [4.78, 5) is 0.349. The lowest BCUT2D eigenvalue weighted by Crippen LogP contribution is -2.27. The van der Waals surface area contributed by atoms with Crippen molar-refractivity contribution >= 4 is 15.7 Å². The van der Waals surface area contributed by atoms with Crippen molar-refractivity contribution in [3.8, 4) is 0 Å². The summed E-state index contributed by atoms with van der Waals surface area (Å²) in [6.07, 6.45) is 4.24.